The monoisotopic (exact) mass is 279 g/mol. The number of nitrogens with zero attached hydrogens (tertiary/aromatic N) is 1. The van der Waals surface area contributed by atoms with Crippen LogP contribution in [0.15, 0.2) is 24.3 Å². The van der Waals surface area contributed by atoms with E-state index < -0.39 is 5.97 Å². The molecule has 110 valence electrons. The fourth-order valence-corrected chi connectivity index (χ4v) is 1.64. The van der Waals surface area contributed by atoms with Gasteiger partial charge in [-0.05, 0) is 25.5 Å². The highest BCUT2D eigenvalue weighted by Crippen LogP contribution is 2.11. The van der Waals surface area contributed by atoms with E-state index in [1.807, 2.05) is 31.2 Å². The van der Waals surface area contributed by atoms with Crippen molar-refractivity contribution in [3.05, 3.63) is 29.8 Å². The van der Waals surface area contributed by atoms with Crippen molar-refractivity contribution in [1.82, 2.24) is 4.90 Å². The number of carbonyl (C=O) groups excluding carboxylic acids is 1. The first-order valence-corrected chi connectivity index (χ1v) is 6.64. The second-order valence-electron chi connectivity index (χ2n) is 4.72. The highest BCUT2D eigenvalue weighted by Gasteiger charge is 2.09. The van der Waals surface area contributed by atoms with Crippen LogP contribution in [0.3, 0.4) is 0 Å². The summed E-state index contributed by atoms with van der Waals surface area (Å²) >= 11 is 0. The number of aryl methyl sites for hydroxylation is 1. The van der Waals surface area contributed by atoms with Crippen LogP contribution < -0.4 is 4.74 Å². The average molecular weight is 279 g/mol. The molecule has 0 aliphatic carbocycles. The molecule has 0 aromatic heterocycles. The number of likely N-dealkylation sites (N-methyl/N-ethyl adjacent to an activating group) is 1. The Kier molecular flexibility index (Phi) is 6.56. The van der Waals surface area contributed by atoms with Crippen LogP contribution in [0, 0.1) is 6.92 Å². The summed E-state index contributed by atoms with van der Waals surface area (Å²) in [4.78, 5) is 23.6. The number of hydrogen-bond acceptors (Lipinski definition) is 3. The minimum Gasteiger partial charge on any atom is -0.492 e. The van der Waals surface area contributed by atoms with Crippen molar-refractivity contribution in [3.63, 3.8) is 0 Å². The van der Waals surface area contributed by atoms with Gasteiger partial charge in [-0.3, -0.25) is 9.59 Å². The lowest BCUT2D eigenvalue weighted by atomic mass is 10.2. The number of hydrogen-bond donors (Lipinski definition) is 1. The van der Waals surface area contributed by atoms with E-state index in [0.29, 0.717) is 19.6 Å². The zero-order valence-electron chi connectivity index (χ0n) is 12.0. The summed E-state index contributed by atoms with van der Waals surface area (Å²) in [6.45, 7) is 2.91. The molecule has 0 radical (unpaired) electrons. The number of amides is 1. The molecule has 1 rings (SSSR count). The number of carbonyl (C=O) groups is 2. The molecular weight excluding hydrogens is 258 g/mol. The average Bonchev–Trinajstić information content (AvgIpc) is 2.40. The van der Waals surface area contributed by atoms with Gasteiger partial charge < -0.3 is 14.7 Å². The minimum absolute atomic E-state index is 0.0272. The van der Waals surface area contributed by atoms with Crippen molar-refractivity contribution >= 4 is 11.9 Å². The van der Waals surface area contributed by atoms with E-state index in [9.17, 15) is 9.59 Å². The molecule has 0 unspecified atom stereocenters. The third-order valence-electron chi connectivity index (χ3n) is 2.92. The molecule has 0 fully saturated rings. The molecule has 0 spiro atoms. The molecule has 0 aliphatic rings. The van der Waals surface area contributed by atoms with E-state index in [-0.39, 0.29) is 18.7 Å². The van der Waals surface area contributed by atoms with Crippen LogP contribution in [0.25, 0.3) is 0 Å². The summed E-state index contributed by atoms with van der Waals surface area (Å²) in [5, 5.41) is 8.51. The van der Waals surface area contributed by atoms with E-state index in [4.69, 9.17) is 9.84 Å². The number of carboxylic acids is 1. The highest BCUT2D eigenvalue weighted by atomic mass is 16.5. The van der Waals surface area contributed by atoms with Crippen LogP contribution in [-0.2, 0) is 9.59 Å². The van der Waals surface area contributed by atoms with Gasteiger partial charge in [-0.15, -0.1) is 0 Å². The maximum atomic E-state index is 11.7. The van der Waals surface area contributed by atoms with Crippen LogP contribution >= 0.6 is 0 Å². The van der Waals surface area contributed by atoms with Gasteiger partial charge in [-0.1, -0.05) is 17.7 Å². The largest absolute Gasteiger partial charge is 0.492 e. The molecule has 20 heavy (non-hydrogen) atoms. The summed E-state index contributed by atoms with van der Waals surface area (Å²) in [6, 6.07) is 7.72. The Balaban J connectivity index is 2.21. The minimum atomic E-state index is -0.872. The third kappa shape index (κ3) is 6.22. The van der Waals surface area contributed by atoms with Gasteiger partial charge in [0.2, 0.25) is 5.91 Å². The Hall–Kier alpha value is -2.04. The van der Waals surface area contributed by atoms with Gasteiger partial charge in [-0.2, -0.15) is 0 Å². The molecule has 1 amide bonds. The van der Waals surface area contributed by atoms with E-state index in [0.717, 1.165) is 5.75 Å². The fourth-order valence-electron chi connectivity index (χ4n) is 1.64. The molecule has 1 N–H and O–H groups in total. The standard InChI is InChI=1S/C15H21NO4/c1-12-6-8-13(9-7-12)20-11-10-16(2)14(17)4-3-5-15(18)19/h6-9H,3-5,10-11H2,1-2H3,(H,18,19). The quantitative estimate of drug-likeness (QED) is 0.791. The number of benzene rings is 1. The van der Waals surface area contributed by atoms with Crippen molar-refractivity contribution in [3.8, 4) is 5.75 Å². The van der Waals surface area contributed by atoms with Crippen LogP contribution in [0.5, 0.6) is 5.75 Å². The molecule has 1 aromatic rings. The fraction of sp³-hybridized carbons (Fsp3) is 0.467. The lowest BCUT2D eigenvalue weighted by Gasteiger charge is -2.17. The summed E-state index contributed by atoms with van der Waals surface area (Å²) in [5.41, 5.74) is 1.17. The van der Waals surface area contributed by atoms with E-state index in [1.165, 1.54) is 5.56 Å². The zero-order valence-corrected chi connectivity index (χ0v) is 12.0. The van der Waals surface area contributed by atoms with Gasteiger partial charge in [0.05, 0.1) is 6.54 Å². The molecule has 0 heterocycles. The zero-order chi connectivity index (χ0) is 15.0. The number of carboxylic acid groups (broad SMARTS) is 1. The van der Waals surface area contributed by atoms with Gasteiger partial charge in [0.15, 0.2) is 0 Å². The summed E-state index contributed by atoms with van der Waals surface area (Å²) < 4.78 is 5.54. The first-order chi connectivity index (χ1) is 9.49. The normalized spacial score (nSPS) is 10.1. The lowest BCUT2D eigenvalue weighted by molar-refractivity contribution is -0.137. The van der Waals surface area contributed by atoms with Crippen molar-refractivity contribution in [2.24, 2.45) is 0 Å². The van der Waals surface area contributed by atoms with E-state index >= 15 is 0 Å². The van der Waals surface area contributed by atoms with Crippen LogP contribution in [0.4, 0.5) is 0 Å². The van der Waals surface area contributed by atoms with Gasteiger partial charge in [0, 0.05) is 19.9 Å². The molecule has 5 nitrogen and oxygen atoms in total. The Morgan fingerprint density at radius 3 is 2.45 bits per heavy atom. The smallest absolute Gasteiger partial charge is 0.303 e. The first kappa shape index (κ1) is 16.0. The number of ether oxygens (including phenoxy) is 1. The van der Waals surface area contributed by atoms with Crippen LogP contribution in [0.1, 0.15) is 24.8 Å². The Morgan fingerprint density at radius 1 is 1.20 bits per heavy atom. The molecule has 1 aromatic carbocycles. The molecule has 0 atom stereocenters. The SMILES string of the molecule is Cc1ccc(OCCN(C)C(=O)CCCC(=O)O)cc1. The summed E-state index contributed by atoms with van der Waals surface area (Å²) in [7, 11) is 1.70. The Bertz CT molecular complexity index is 442. The molecule has 0 aliphatic heterocycles. The molecular formula is C15H21NO4. The van der Waals surface area contributed by atoms with Crippen LogP contribution in [-0.4, -0.2) is 42.1 Å². The second-order valence-corrected chi connectivity index (χ2v) is 4.72. The van der Waals surface area contributed by atoms with Gasteiger partial charge in [0.1, 0.15) is 12.4 Å². The molecule has 0 saturated heterocycles. The van der Waals surface area contributed by atoms with Crippen molar-refractivity contribution in [2.75, 3.05) is 20.2 Å². The topological polar surface area (TPSA) is 66.8 Å². The van der Waals surface area contributed by atoms with Crippen molar-refractivity contribution in [1.29, 1.82) is 0 Å². The summed E-state index contributed by atoms with van der Waals surface area (Å²) in [5.74, 6) is -0.149. The molecule has 5 heteroatoms. The number of aliphatic carboxylic acids is 1. The van der Waals surface area contributed by atoms with Gasteiger partial charge >= 0.3 is 5.97 Å². The second kappa shape index (κ2) is 8.19. The molecule has 0 bridgehead atoms. The summed E-state index contributed by atoms with van der Waals surface area (Å²) in [6.07, 6.45) is 0.657. The van der Waals surface area contributed by atoms with Gasteiger partial charge in [0.25, 0.3) is 0 Å². The van der Waals surface area contributed by atoms with E-state index in [1.54, 1.807) is 11.9 Å². The maximum absolute atomic E-state index is 11.7. The van der Waals surface area contributed by atoms with E-state index in [2.05, 4.69) is 0 Å². The predicted molar refractivity (Wildman–Crippen MR) is 75.8 cm³/mol. The van der Waals surface area contributed by atoms with Crippen molar-refractivity contribution < 1.29 is 19.4 Å². The Labute approximate surface area is 119 Å². The number of rotatable bonds is 8. The maximum Gasteiger partial charge on any atom is 0.303 e. The lowest BCUT2D eigenvalue weighted by Crippen LogP contribution is -2.30. The third-order valence-corrected chi connectivity index (χ3v) is 2.92. The van der Waals surface area contributed by atoms with Gasteiger partial charge in [-0.25, -0.2) is 0 Å². The first-order valence-electron chi connectivity index (χ1n) is 6.64. The van der Waals surface area contributed by atoms with Crippen LogP contribution in [0.2, 0.25) is 0 Å². The predicted octanol–water partition coefficient (Wildman–Crippen LogP) is 2.09. The Morgan fingerprint density at radius 2 is 1.85 bits per heavy atom. The highest BCUT2D eigenvalue weighted by molar-refractivity contribution is 5.76. The van der Waals surface area contributed by atoms with Crippen molar-refractivity contribution in [2.45, 2.75) is 26.2 Å². The molecule has 0 saturated carbocycles.